The van der Waals surface area contributed by atoms with Crippen LogP contribution in [0.4, 0.5) is 0 Å². The van der Waals surface area contributed by atoms with Gasteiger partial charge >= 0.3 is 0 Å². The Balaban J connectivity index is 3.72. The zero-order valence-corrected chi connectivity index (χ0v) is 5.59. The lowest BCUT2D eigenvalue weighted by Gasteiger charge is -2.11. The van der Waals surface area contributed by atoms with E-state index in [1.807, 2.05) is 0 Å². The van der Waals surface area contributed by atoms with E-state index in [9.17, 15) is 4.79 Å². The molecule has 4 nitrogen and oxygen atoms in total. The highest BCUT2D eigenvalue weighted by atomic mass is 16.3. The van der Waals surface area contributed by atoms with Gasteiger partial charge in [-0.2, -0.15) is 0 Å². The Labute approximate surface area is 54.0 Å². The third kappa shape index (κ3) is 2.43. The lowest BCUT2D eigenvalue weighted by Crippen LogP contribution is -2.45. The average molecular weight is 132 g/mol. The Morgan fingerprint density at radius 2 is 2.22 bits per heavy atom. The Kier molecular flexibility index (Phi) is 3.19. The summed E-state index contributed by atoms with van der Waals surface area (Å²) in [6.45, 7) is 1.47. The molecule has 0 unspecified atom stereocenters. The number of hydrogen-bond donors (Lipinski definition) is 3. The molecule has 2 atom stereocenters. The van der Waals surface area contributed by atoms with Crippen LogP contribution in [0.25, 0.3) is 0 Å². The summed E-state index contributed by atoms with van der Waals surface area (Å²) in [5, 5.41) is 11.1. The first kappa shape index (κ1) is 8.39. The molecule has 54 valence electrons. The summed E-state index contributed by atoms with van der Waals surface area (Å²) < 4.78 is 0. The minimum Gasteiger partial charge on any atom is -0.391 e. The van der Waals surface area contributed by atoms with Crippen molar-refractivity contribution < 1.29 is 9.90 Å². The SMILES string of the molecule is CNC(=O)[C@H](N)[C@H](C)O. The molecule has 0 fully saturated rings. The van der Waals surface area contributed by atoms with E-state index >= 15 is 0 Å². The Hall–Kier alpha value is -0.610. The number of likely N-dealkylation sites (N-methyl/N-ethyl adjacent to an activating group) is 1. The van der Waals surface area contributed by atoms with Crippen LogP contribution in [0.1, 0.15) is 6.92 Å². The average Bonchev–Trinajstić information content (AvgIpc) is 1.84. The number of rotatable bonds is 2. The van der Waals surface area contributed by atoms with Crippen LogP contribution >= 0.6 is 0 Å². The first-order valence-electron chi connectivity index (χ1n) is 2.75. The molecule has 4 heteroatoms. The van der Waals surface area contributed by atoms with Crippen molar-refractivity contribution in [3.63, 3.8) is 0 Å². The summed E-state index contributed by atoms with van der Waals surface area (Å²) in [5.74, 6) is -0.343. The molecule has 4 N–H and O–H groups in total. The molecular weight excluding hydrogens is 120 g/mol. The largest absolute Gasteiger partial charge is 0.391 e. The molecule has 1 amide bonds. The number of aliphatic hydroxyl groups is 1. The van der Waals surface area contributed by atoms with Gasteiger partial charge in [0.1, 0.15) is 6.04 Å². The van der Waals surface area contributed by atoms with E-state index in [2.05, 4.69) is 5.32 Å². The van der Waals surface area contributed by atoms with Crippen LogP contribution in [0.2, 0.25) is 0 Å². The predicted molar refractivity (Wildman–Crippen MR) is 33.7 cm³/mol. The molecule has 0 aromatic carbocycles. The fourth-order valence-corrected chi connectivity index (χ4v) is 0.386. The first-order chi connectivity index (χ1) is 4.09. The van der Waals surface area contributed by atoms with E-state index < -0.39 is 12.1 Å². The number of aliphatic hydroxyl groups excluding tert-OH is 1. The van der Waals surface area contributed by atoms with E-state index in [1.165, 1.54) is 14.0 Å². The van der Waals surface area contributed by atoms with Gasteiger partial charge in [-0.25, -0.2) is 0 Å². The minimum absolute atomic E-state index is 0.343. The van der Waals surface area contributed by atoms with Crippen molar-refractivity contribution >= 4 is 5.91 Å². The van der Waals surface area contributed by atoms with Gasteiger partial charge in [0.15, 0.2) is 0 Å². The highest BCUT2D eigenvalue weighted by molar-refractivity contribution is 5.81. The van der Waals surface area contributed by atoms with E-state index in [1.54, 1.807) is 0 Å². The summed E-state index contributed by atoms with van der Waals surface area (Å²) in [4.78, 5) is 10.6. The van der Waals surface area contributed by atoms with Gasteiger partial charge in [-0.15, -0.1) is 0 Å². The van der Waals surface area contributed by atoms with E-state index in [0.29, 0.717) is 0 Å². The molecular formula is C5H12N2O2. The Bertz CT molecular complexity index is 103. The summed E-state index contributed by atoms with van der Waals surface area (Å²) in [6, 6.07) is -0.810. The van der Waals surface area contributed by atoms with Gasteiger partial charge in [0.2, 0.25) is 5.91 Å². The fourth-order valence-electron chi connectivity index (χ4n) is 0.386. The van der Waals surface area contributed by atoms with E-state index in [-0.39, 0.29) is 5.91 Å². The van der Waals surface area contributed by atoms with Gasteiger partial charge in [0.05, 0.1) is 6.10 Å². The van der Waals surface area contributed by atoms with Gasteiger partial charge in [-0.3, -0.25) is 4.79 Å². The van der Waals surface area contributed by atoms with Crippen LogP contribution in [0.3, 0.4) is 0 Å². The minimum atomic E-state index is -0.810. The molecule has 0 aromatic heterocycles. The molecule has 0 rings (SSSR count). The number of nitrogens with two attached hydrogens (primary N) is 1. The molecule has 0 bridgehead atoms. The van der Waals surface area contributed by atoms with E-state index in [0.717, 1.165) is 0 Å². The smallest absolute Gasteiger partial charge is 0.239 e. The zero-order valence-electron chi connectivity index (χ0n) is 5.59. The summed E-state index contributed by atoms with van der Waals surface area (Å²) >= 11 is 0. The molecule has 0 saturated carbocycles. The topological polar surface area (TPSA) is 75.4 Å². The standard InChI is InChI=1S/C5H12N2O2/c1-3(8)4(6)5(9)7-2/h3-4,8H,6H2,1-2H3,(H,7,9)/t3-,4+/m0/s1. The summed E-state index contributed by atoms with van der Waals surface area (Å²) in [7, 11) is 1.48. The van der Waals surface area contributed by atoms with Crippen LogP contribution < -0.4 is 11.1 Å². The molecule has 9 heavy (non-hydrogen) atoms. The highest BCUT2D eigenvalue weighted by Crippen LogP contribution is 1.86. The van der Waals surface area contributed by atoms with Crippen LogP contribution in [0.15, 0.2) is 0 Å². The molecule has 0 radical (unpaired) electrons. The van der Waals surface area contributed by atoms with Gasteiger partial charge < -0.3 is 16.2 Å². The molecule has 0 aliphatic rings. The predicted octanol–water partition coefficient (Wildman–Crippen LogP) is -1.56. The van der Waals surface area contributed by atoms with Crippen LogP contribution in [-0.4, -0.2) is 30.2 Å². The van der Waals surface area contributed by atoms with Crippen molar-refractivity contribution in [2.75, 3.05) is 7.05 Å². The van der Waals surface area contributed by atoms with Crippen LogP contribution in [-0.2, 0) is 4.79 Å². The normalized spacial score (nSPS) is 16.4. The number of carbonyl (C=O) groups is 1. The van der Waals surface area contributed by atoms with Crippen molar-refractivity contribution in [3.8, 4) is 0 Å². The lowest BCUT2D eigenvalue weighted by molar-refractivity contribution is -0.123. The maximum Gasteiger partial charge on any atom is 0.239 e. The lowest BCUT2D eigenvalue weighted by atomic mass is 10.2. The second-order valence-electron chi connectivity index (χ2n) is 1.88. The quantitative estimate of drug-likeness (QED) is 0.425. The molecule has 0 saturated heterocycles. The second kappa shape index (κ2) is 3.42. The first-order valence-corrected chi connectivity index (χ1v) is 2.75. The highest BCUT2D eigenvalue weighted by Gasteiger charge is 2.16. The number of hydrogen-bond acceptors (Lipinski definition) is 3. The van der Waals surface area contributed by atoms with Crippen molar-refractivity contribution in [2.45, 2.75) is 19.1 Å². The third-order valence-corrected chi connectivity index (χ3v) is 1.07. The van der Waals surface area contributed by atoms with Crippen molar-refractivity contribution in [3.05, 3.63) is 0 Å². The second-order valence-corrected chi connectivity index (χ2v) is 1.88. The Morgan fingerprint density at radius 1 is 1.78 bits per heavy atom. The number of nitrogens with one attached hydrogen (secondary N) is 1. The fraction of sp³-hybridized carbons (Fsp3) is 0.800. The number of amides is 1. The van der Waals surface area contributed by atoms with Crippen molar-refractivity contribution in [2.24, 2.45) is 5.73 Å². The third-order valence-electron chi connectivity index (χ3n) is 1.07. The molecule has 0 aliphatic carbocycles. The van der Waals surface area contributed by atoms with Crippen LogP contribution in [0, 0.1) is 0 Å². The molecule has 0 aromatic rings. The van der Waals surface area contributed by atoms with Gasteiger partial charge in [0, 0.05) is 7.05 Å². The van der Waals surface area contributed by atoms with Gasteiger partial charge in [-0.05, 0) is 6.92 Å². The zero-order chi connectivity index (χ0) is 7.44. The molecule has 0 heterocycles. The summed E-state index contributed by atoms with van der Waals surface area (Å²) in [6.07, 6.45) is -0.787. The number of carbonyl (C=O) groups excluding carboxylic acids is 1. The summed E-state index contributed by atoms with van der Waals surface area (Å²) in [5.41, 5.74) is 5.21. The van der Waals surface area contributed by atoms with Gasteiger partial charge in [0.25, 0.3) is 0 Å². The van der Waals surface area contributed by atoms with Crippen molar-refractivity contribution in [1.82, 2.24) is 5.32 Å². The monoisotopic (exact) mass is 132 g/mol. The Morgan fingerprint density at radius 3 is 2.33 bits per heavy atom. The molecule has 0 aliphatic heterocycles. The van der Waals surface area contributed by atoms with Crippen molar-refractivity contribution in [1.29, 1.82) is 0 Å². The van der Waals surface area contributed by atoms with E-state index in [4.69, 9.17) is 10.8 Å². The maximum absolute atomic E-state index is 10.6. The maximum atomic E-state index is 10.6. The molecule has 0 spiro atoms. The van der Waals surface area contributed by atoms with Crippen LogP contribution in [0.5, 0.6) is 0 Å². The van der Waals surface area contributed by atoms with Gasteiger partial charge in [-0.1, -0.05) is 0 Å².